The summed E-state index contributed by atoms with van der Waals surface area (Å²) in [5.74, 6) is -0.911. The van der Waals surface area contributed by atoms with Gasteiger partial charge in [0, 0.05) is 36.8 Å². The molecule has 1 amide bonds. The maximum atomic E-state index is 13.6. The van der Waals surface area contributed by atoms with E-state index in [-0.39, 0.29) is 30.2 Å². The predicted molar refractivity (Wildman–Crippen MR) is 117 cm³/mol. The second-order valence-corrected chi connectivity index (χ2v) is 9.00. The topological polar surface area (TPSA) is 104 Å². The van der Waals surface area contributed by atoms with Gasteiger partial charge in [-0.2, -0.15) is 0 Å². The third-order valence-electron chi connectivity index (χ3n) is 6.60. The molecule has 7 nitrogen and oxygen atoms in total. The van der Waals surface area contributed by atoms with Gasteiger partial charge in [-0.25, -0.2) is 18.6 Å². The maximum absolute atomic E-state index is 13.6. The molecular weight excluding hydrogens is 432 g/mol. The molecule has 4 N–H and O–H groups in total. The lowest BCUT2D eigenvalue weighted by Crippen LogP contribution is -2.52. The Labute approximate surface area is 191 Å². The van der Waals surface area contributed by atoms with E-state index in [1.54, 1.807) is 0 Å². The highest BCUT2D eigenvalue weighted by molar-refractivity contribution is 5.65. The fraction of sp³-hybridized carbons (Fsp3) is 0.500. The van der Waals surface area contributed by atoms with Crippen LogP contribution in [0.2, 0.25) is 0 Å². The number of aliphatic hydroxyl groups is 1. The van der Waals surface area contributed by atoms with Gasteiger partial charge in [-0.3, -0.25) is 0 Å². The molecule has 1 aliphatic carbocycles. The Morgan fingerprint density at radius 3 is 2.58 bits per heavy atom. The number of rotatable bonds is 8. The Hall–Kier alpha value is -2.78. The van der Waals surface area contributed by atoms with E-state index in [1.165, 1.54) is 0 Å². The van der Waals surface area contributed by atoms with Crippen molar-refractivity contribution in [2.24, 2.45) is 0 Å². The summed E-state index contributed by atoms with van der Waals surface area (Å²) >= 11 is 0. The SMILES string of the molecule is CCc1cnc2c(c1)[C@@H](NC[C@H](O)[C@H](Cc1cc(F)cc(F)c1)NC(=O)O)CC1(CCC1)O2. The first-order chi connectivity index (χ1) is 15.8. The number of fused-ring (bicyclic) bond motifs is 1. The molecule has 1 fully saturated rings. The lowest BCUT2D eigenvalue weighted by molar-refractivity contribution is -0.0420. The average Bonchev–Trinajstić information content (AvgIpc) is 2.74. The third kappa shape index (κ3) is 5.42. The van der Waals surface area contributed by atoms with Crippen LogP contribution in [0.4, 0.5) is 13.6 Å². The van der Waals surface area contributed by atoms with Crippen LogP contribution in [-0.4, -0.2) is 45.6 Å². The first-order valence-electron chi connectivity index (χ1n) is 11.3. The zero-order chi connectivity index (χ0) is 23.6. The van der Waals surface area contributed by atoms with Crippen LogP contribution < -0.4 is 15.4 Å². The van der Waals surface area contributed by atoms with Crippen molar-refractivity contribution in [3.8, 4) is 5.88 Å². The van der Waals surface area contributed by atoms with Crippen molar-refractivity contribution in [1.82, 2.24) is 15.6 Å². The Morgan fingerprint density at radius 1 is 1.24 bits per heavy atom. The molecule has 1 aliphatic heterocycles. The van der Waals surface area contributed by atoms with Gasteiger partial charge >= 0.3 is 6.09 Å². The first-order valence-corrected chi connectivity index (χ1v) is 11.3. The standard InChI is InChI=1S/C24H29F2N3O4/c1-2-14-8-18-20(11-24(4-3-5-24)33-22(18)28-12-14)27-13-21(30)19(29-23(31)32)9-15-6-16(25)10-17(26)7-15/h6-8,10,12,19-21,27,29-30H,2-5,9,11,13H2,1H3,(H,31,32)/t19-,20-,21-/m0/s1. The fourth-order valence-corrected chi connectivity index (χ4v) is 4.66. The smallest absolute Gasteiger partial charge is 0.404 e. The second-order valence-electron chi connectivity index (χ2n) is 9.00. The molecule has 178 valence electrons. The summed E-state index contributed by atoms with van der Waals surface area (Å²) in [6.07, 6.45) is 3.84. The number of pyridine rings is 1. The number of hydrogen-bond donors (Lipinski definition) is 4. The molecule has 0 radical (unpaired) electrons. The highest BCUT2D eigenvalue weighted by atomic mass is 19.1. The molecule has 1 aromatic heterocycles. The quantitative estimate of drug-likeness (QED) is 0.480. The molecule has 0 saturated heterocycles. The van der Waals surface area contributed by atoms with Crippen LogP contribution >= 0.6 is 0 Å². The van der Waals surface area contributed by atoms with Crippen molar-refractivity contribution in [3.05, 3.63) is 58.8 Å². The summed E-state index contributed by atoms with van der Waals surface area (Å²) in [4.78, 5) is 15.8. The molecule has 0 unspecified atom stereocenters. The molecule has 1 aromatic carbocycles. The number of aromatic nitrogens is 1. The molecular formula is C24H29F2N3O4. The van der Waals surface area contributed by atoms with E-state index >= 15 is 0 Å². The van der Waals surface area contributed by atoms with Gasteiger partial charge in [0.15, 0.2) is 0 Å². The van der Waals surface area contributed by atoms with E-state index in [9.17, 15) is 23.8 Å². The molecule has 9 heteroatoms. The van der Waals surface area contributed by atoms with E-state index < -0.39 is 29.9 Å². The van der Waals surface area contributed by atoms with Crippen LogP contribution in [0.25, 0.3) is 0 Å². The monoisotopic (exact) mass is 461 g/mol. The van der Waals surface area contributed by atoms with E-state index in [2.05, 4.69) is 21.7 Å². The minimum Gasteiger partial charge on any atom is -0.471 e. The summed E-state index contributed by atoms with van der Waals surface area (Å²) in [6, 6.07) is 4.01. The van der Waals surface area contributed by atoms with Crippen molar-refractivity contribution < 1.29 is 28.5 Å². The van der Waals surface area contributed by atoms with Crippen molar-refractivity contribution >= 4 is 6.09 Å². The Bertz CT molecular complexity index is 995. The molecule has 1 spiro atoms. The molecule has 2 heterocycles. The van der Waals surface area contributed by atoms with E-state index in [4.69, 9.17) is 4.74 Å². The largest absolute Gasteiger partial charge is 0.471 e. The molecule has 1 saturated carbocycles. The second kappa shape index (κ2) is 9.61. The number of hydrogen-bond acceptors (Lipinski definition) is 5. The summed E-state index contributed by atoms with van der Waals surface area (Å²) in [7, 11) is 0. The zero-order valence-electron chi connectivity index (χ0n) is 18.5. The fourth-order valence-electron chi connectivity index (χ4n) is 4.66. The summed E-state index contributed by atoms with van der Waals surface area (Å²) in [5, 5.41) is 25.7. The number of carbonyl (C=O) groups is 1. The van der Waals surface area contributed by atoms with Gasteiger partial charge in [0.2, 0.25) is 5.88 Å². The number of aryl methyl sites for hydroxylation is 1. The highest BCUT2D eigenvalue weighted by Crippen LogP contribution is 2.48. The first kappa shape index (κ1) is 23.4. The predicted octanol–water partition coefficient (Wildman–Crippen LogP) is 3.50. The van der Waals surface area contributed by atoms with Crippen LogP contribution in [0.3, 0.4) is 0 Å². The van der Waals surface area contributed by atoms with Crippen molar-refractivity contribution in [2.75, 3.05) is 6.54 Å². The zero-order valence-corrected chi connectivity index (χ0v) is 18.5. The lowest BCUT2D eigenvalue weighted by atomic mass is 9.73. The lowest BCUT2D eigenvalue weighted by Gasteiger charge is -2.47. The van der Waals surface area contributed by atoms with Gasteiger partial charge in [0.1, 0.15) is 17.2 Å². The molecule has 2 aromatic rings. The van der Waals surface area contributed by atoms with Crippen molar-refractivity contribution in [1.29, 1.82) is 0 Å². The molecule has 0 bridgehead atoms. The van der Waals surface area contributed by atoms with Crippen molar-refractivity contribution in [3.63, 3.8) is 0 Å². The van der Waals surface area contributed by atoms with E-state index in [1.807, 2.05) is 13.1 Å². The number of nitrogens with zero attached hydrogens (tertiary/aromatic N) is 1. The number of aliphatic hydroxyl groups excluding tert-OH is 1. The molecule has 2 aliphatic rings. The average molecular weight is 462 g/mol. The number of amides is 1. The maximum Gasteiger partial charge on any atom is 0.404 e. The minimum absolute atomic E-state index is 0.0559. The van der Waals surface area contributed by atoms with Crippen LogP contribution in [-0.2, 0) is 12.8 Å². The minimum atomic E-state index is -1.32. The van der Waals surface area contributed by atoms with Crippen LogP contribution in [0, 0.1) is 11.6 Å². The Morgan fingerprint density at radius 2 is 1.97 bits per heavy atom. The Balaban J connectivity index is 1.49. The molecule has 4 rings (SSSR count). The normalized spacial score (nSPS) is 20.3. The van der Waals surface area contributed by atoms with Crippen LogP contribution in [0.5, 0.6) is 5.88 Å². The summed E-state index contributed by atoms with van der Waals surface area (Å²) in [6.45, 7) is 2.13. The number of ether oxygens (including phenoxy) is 1. The van der Waals surface area contributed by atoms with Crippen LogP contribution in [0.15, 0.2) is 30.5 Å². The van der Waals surface area contributed by atoms with Gasteiger partial charge in [0.05, 0.1) is 12.1 Å². The van der Waals surface area contributed by atoms with E-state index in [0.717, 1.165) is 61.4 Å². The van der Waals surface area contributed by atoms with E-state index in [0.29, 0.717) is 5.88 Å². The number of nitrogens with one attached hydrogen (secondary N) is 2. The summed E-state index contributed by atoms with van der Waals surface area (Å²) < 4.78 is 33.4. The van der Waals surface area contributed by atoms with Gasteiger partial charge < -0.3 is 25.6 Å². The van der Waals surface area contributed by atoms with Gasteiger partial charge in [0.25, 0.3) is 0 Å². The molecule has 33 heavy (non-hydrogen) atoms. The van der Waals surface area contributed by atoms with Crippen molar-refractivity contribution in [2.45, 2.75) is 69.2 Å². The van der Waals surface area contributed by atoms with Gasteiger partial charge in [-0.1, -0.05) is 6.92 Å². The number of benzene rings is 1. The van der Waals surface area contributed by atoms with Gasteiger partial charge in [-0.15, -0.1) is 0 Å². The Kier molecular flexibility index (Phi) is 6.81. The highest BCUT2D eigenvalue weighted by Gasteiger charge is 2.46. The number of halogens is 2. The third-order valence-corrected chi connectivity index (χ3v) is 6.60. The number of carboxylic acid groups (broad SMARTS) is 1. The van der Waals surface area contributed by atoms with Crippen LogP contribution in [0.1, 0.15) is 55.3 Å². The molecule has 3 atom stereocenters. The van der Waals surface area contributed by atoms with Gasteiger partial charge in [-0.05, 0) is 61.4 Å². The summed E-state index contributed by atoms with van der Waals surface area (Å²) in [5.41, 5.74) is 2.00.